The van der Waals surface area contributed by atoms with E-state index in [4.69, 9.17) is 28.9 Å². The molecule has 0 atom stereocenters. The van der Waals surface area contributed by atoms with Crippen LogP contribution in [-0.2, 0) is 12.8 Å². The third-order valence-corrected chi connectivity index (χ3v) is 7.32. The van der Waals surface area contributed by atoms with E-state index in [9.17, 15) is 4.79 Å². The molecule has 0 N–H and O–H groups in total. The van der Waals surface area contributed by atoms with E-state index in [1.54, 1.807) is 27.4 Å². The molecule has 1 heterocycles. The van der Waals surface area contributed by atoms with Gasteiger partial charge in [-0.3, -0.25) is 4.79 Å². The molecule has 2 aromatic carbocycles. The lowest BCUT2D eigenvalue weighted by molar-refractivity contribution is 0.0988. The quantitative estimate of drug-likeness (QED) is 0.307. The molecule has 38 heavy (non-hydrogen) atoms. The molecule has 0 saturated heterocycles. The molecule has 7 nitrogen and oxygen atoms in total. The van der Waals surface area contributed by atoms with Gasteiger partial charge in [-0.05, 0) is 55.0 Å². The van der Waals surface area contributed by atoms with Crippen LogP contribution >= 0.6 is 0 Å². The number of Topliss-reactive ketones (excluding diaryl/α,β-unsaturated/α-hetero) is 1. The minimum Gasteiger partial charge on any atom is -0.496 e. The van der Waals surface area contributed by atoms with Crippen molar-refractivity contribution in [1.82, 2.24) is 9.97 Å². The summed E-state index contributed by atoms with van der Waals surface area (Å²) in [5.41, 5.74) is 5.52. The minimum atomic E-state index is 0.0876. The van der Waals surface area contributed by atoms with Crippen LogP contribution in [-0.4, -0.2) is 43.2 Å². The van der Waals surface area contributed by atoms with E-state index in [1.165, 1.54) is 12.8 Å². The Kier molecular flexibility index (Phi) is 7.63. The van der Waals surface area contributed by atoms with E-state index >= 15 is 0 Å². The Balaban J connectivity index is 1.52. The Hall–Kier alpha value is -3.87. The Labute approximate surface area is 223 Å². The molecule has 1 fully saturated rings. The molecule has 7 heteroatoms. The van der Waals surface area contributed by atoms with Crippen LogP contribution in [0.15, 0.2) is 42.5 Å². The van der Waals surface area contributed by atoms with E-state index in [-0.39, 0.29) is 11.9 Å². The van der Waals surface area contributed by atoms with Gasteiger partial charge in [-0.2, -0.15) is 4.98 Å². The first-order chi connectivity index (χ1) is 18.5. The average molecular weight is 515 g/mol. The van der Waals surface area contributed by atoms with Crippen molar-refractivity contribution in [2.75, 3.05) is 21.3 Å². The number of benzene rings is 2. The van der Waals surface area contributed by atoms with Crippen LogP contribution in [0.3, 0.4) is 0 Å². The van der Waals surface area contributed by atoms with Crippen LogP contribution in [0.5, 0.6) is 23.1 Å². The van der Waals surface area contributed by atoms with Crippen molar-refractivity contribution in [2.24, 2.45) is 0 Å². The van der Waals surface area contributed by atoms with Gasteiger partial charge in [0.15, 0.2) is 17.3 Å². The Morgan fingerprint density at radius 2 is 1.68 bits per heavy atom. The lowest BCUT2D eigenvalue weighted by atomic mass is 10.0. The van der Waals surface area contributed by atoms with Crippen molar-refractivity contribution in [3.63, 3.8) is 0 Å². The molecular weight excluding hydrogens is 480 g/mol. The summed E-state index contributed by atoms with van der Waals surface area (Å²) in [4.78, 5) is 22.1. The van der Waals surface area contributed by atoms with Gasteiger partial charge in [-0.15, -0.1) is 0 Å². The number of carbonyl (C=O) groups is 1. The number of fused-ring (bicyclic) bond motifs is 1. The Morgan fingerprint density at radius 3 is 2.39 bits per heavy atom. The van der Waals surface area contributed by atoms with Crippen LogP contribution in [0.2, 0.25) is 0 Å². The molecule has 2 aliphatic rings. The van der Waals surface area contributed by atoms with Gasteiger partial charge in [-0.1, -0.05) is 31.2 Å². The van der Waals surface area contributed by atoms with E-state index < -0.39 is 0 Å². The topological polar surface area (TPSA) is 79.8 Å². The molecule has 198 valence electrons. The number of carbonyl (C=O) groups excluding carboxylic acids is 1. The highest BCUT2D eigenvalue weighted by Gasteiger charge is 2.28. The van der Waals surface area contributed by atoms with E-state index in [1.807, 2.05) is 37.3 Å². The molecule has 0 amide bonds. The molecule has 0 bridgehead atoms. The van der Waals surface area contributed by atoms with Crippen LogP contribution in [0.25, 0.3) is 5.57 Å². The van der Waals surface area contributed by atoms with Crippen molar-refractivity contribution in [3.8, 4) is 23.1 Å². The molecule has 0 unspecified atom stereocenters. The monoisotopic (exact) mass is 514 g/mol. The first kappa shape index (κ1) is 25.8. The maximum absolute atomic E-state index is 12.2. The standard InChI is InChI=1S/C31H34N2O5/c1-5-25(34)20-10-11-21(27(17-20)36-3)18-29-32-24-14-13-23(19-12-15-26(35-2)28(16-19)37-4)30(24)31(33-29)38-22-8-6-7-9-22/h10-13,15-17,22H,5-9,14,18H2,1-4H3. The van der Waals surface area contributed by atoms with Gasteiger partial charge in [0.1, 0.15) is 17.7 Å². The second-order valence-electron chi connectivity index (χ2n) is 9.66. The van der Waals surface area contributed by atoms with Gasteiger partial charge in [0.25, 0.3) is 0 Å². The summed E-state index contributed by atoms with van der Waals surface area (Å²) in [6.45, 7) is 1.86. The van der Waals surface area contributed by atoms with Crippen molar-refractivity contribution >= 4 is 11.4 Å². The highest BCUT2D eigenvalue weighted by Crippen LogP contribution is 2.41. The molecular formula is C31H34N2O5. The van der Waals surface area contributed by atoms with Crippen LogP contribution in [0.1, 0.15) is 77.6 Å². The average Bonchev–Trinajstić information content (AvgIpc) is 3.62. The first-order valence-electron chi connectivity index (χ1n) is 13.2. The SMILES string of the molecule is CCC(=O)c1ccc(Cc2nc3c(c(OC4CCCC4)n2)C(c2ccc(OC)c(OC)c2)=CC3)c(OC)c1. The van der Waals surface area contributed by atoms with Crippen LogP contribution in [0, 0.1) is 0 Å². The number of nitrogens with zero attached hydrogens (tertiary/aromatic N) is 2. The zero-order valence-corrected chi connectivity index (χ0v) is 22.5. The number of hydrogen-bond donors (Lipinski definition) is 0. The van der Waals surface area contributed by atoms with Crippen molar-refractivity contribution < 1.29 is 23.7 Å². The summed E-state index contributed by atoms with van der Waals surface area (Å²) in [7, 11) is 4.90. The number of methoxy groups -OCH3 is 3. The number of allylic oxidation sites excluding steroid dienone is 1. The van der Waals surface area contributed by atoms with E-state index in [0.717, 1.165) is 40.8 Å². The van der Waals surface area contributed by atoms with Gasteiger partial charge in [0.05, 0.1) is 32.6 Å². The number of rotatable bonds is 10. The van der Waals surface area contributed by atoms with Gasteiger partial charge >= 0.3 is 0 Å². The summed E-state index contributed by atoms with van der Waals surface area (Å²) in [6.07, 6.45) is 8.36. The number of hydrogen-bond acceptors (Lipinski definition) is 7. The molecule has 0 spiro atoms. The van der Waals surface area contributed by atoms with Gasteiger partial charge < -0.3 is 18.9 Å². The predicted molar refractivity (Wildman–Crippen MR) is 146 cm³/mol. The van der Waals surface area contributed by atoms with Crippen LogP contribution in [0.4, 0.5) is 0 Å². The third kappa shape index (κ3) is 5.10. The molecule has 0 aliphatic heterocycles. The molecule has 0 radical (unpaired) electrons. The largest absolute Gasteiger partial charge is 0.496 e. The number of ether oxygens (including phenoxy) is 4. The molecule has 1 saturated carbocycles. The Morgan fingerprint density at radius 1 is 0.921 bits per heavy atom. The summed E-state index contributed by atoms with van der Waals surface area (Å²) in [5, 5.41) is 0. The molecule has 1 aromatic heterocycles. The minimum absolute atomic E-state index is 0.0876. The van der Waals surface area contributed by atoms with Crippen molar-refractivity contribution in [1.29, 1.82) is 0 Å². The predicted octanol–water partition coefficient (Wildman–Crippen LogP) is 6.00. The third-order valence-electron chi connectivity index (χ3n) is 7.32. The van der Waals surface area contributed by atoms with E-state index in [0.29, 0.717) is 53.8 Å². The summed E-state index contributed by atoms with van der Waals surface area (Å²) < 4.78 is 23.2. The molecule has 3 aromatic rings. The van der Waals surface area contributed by atoms with Crippen molar-refractivity contribution in [3.05, 3.63) is 76.2 Å². The number of aromatic nitrogens is 2. The zero-order valence-electron chi connectivity index (χ0n) is 22.5. The normalized spacial score (nSPS) is 14.7. The van der Waals surface area contributed by atoms with Gasteiger partial charge in [-0.25, -0.2) is 4.98 Å². The highest BCUT2D eigenvalue weighted by atomic mass is 16.5. The maximum Gasteiger partial charge on any atom is 0.225 e. The van der Waals surface area contributed by atoms with E-state index in [2.05, 4.69) is 6.08 Å². The summed E-state index contributed by atoms with van der Waals surface area (Å²) in [5.74, 6) is 3.41. The number of ketones is 1. The highest BCUT2D eigenvalue weighted by molar-refractivity contribution is 5.96. The molecule has 2 aliphatic carbocycles. The fourth-order valence-electron chi connectivity index (χ4n) is 5.29. The van der Waals surface area contributed by atoms with Crippen molar-refractivity contribution in [2.45, 2.75) is 58.0 Å². The Bertz CT molecular complexity index is 1370. The summed E-state index contributed by atoms with van der Waals surface area (Å²) in [6, 6.07) is 11.5. The maximum atomic E-state index is 12.2. The second-order valence-corrected chi connectivity index (χ2v) is 9.66. The first-order valence-corrected chi connectivity index (χ1v) is 13.2. The fourth-order valence-corrected chi connectivity index (χ4v) is 5.29. The zero-order chi connectivity index (χ0) is 26.6. The van der Waals surface area contributed by atoms with Gasteiger partial charge in [0.2, 0.25) is 5.88 Å². The lowest BCUT2D eigenvalue weighted by Gasteiger charge is -2.19. The lowest BCUT2D eigenvalue weighted by Crippen LogP contribution is -2.15. The fraction of sp³-hybridized carbons (Fsp3) is 0.387. The second kappa shape index (κ2) is 11.3. The smallest absolute Gasteiger partial charge is 0.225 e. The van der Waals surface area contributed by atoms with Gasteiger partial charge in [0, 0.05) is 30.4 Å². The van der Waals surface area contributed by atoms with Crippen LogP contribution < -0.4 is 18.9 Å². The summed E-state index contributed by atoms with van der Waals surface area (Å²) >= 11 is 0. The molecule has 5 rings (SSSR count).